The minimum atomic E-state index is -5.08. The Morgan fingerprint density at radius 2 is 1.90 bits per heavy atom. The lowest BCUT2D eigenvalue weighted by atomic mass is 10.0. The number of carbonyl (C=O) groups is 2. The van der Waals surface area contributed by atoms with Gasteiger partial charge in [0.15, 0.2) is 0 Å². The molecule has 0 saturated carbocycles. The van der Waals surface area contributed by atoms with Crippen LogP contribution in [0.15, 0.2) is 30.9 Å². The fourth-order valence-electron chi connectivity index (χ4n) is 3.53. The van der Waals surface area contributed by atoms with Crippen LogP contribution in [0.2, 0.25) is 0 Å². The molecule has 2 aliphatic rings. The average Bonchev–Trinajstić information content (AvgIpc) is 3.32. The molecule has 2 aromatic rings. The largest absolute Gasteiger partial charge is 0.490 e. The number of aromatic nitrogens is 2. The maximum absolute atomic E-state index is 12.6. The number of carbonyl (C=O) groups excluding carboxylic acids is 1. The Labute approximate surface area is 168 Å². The van der Waals surface area contributed by atoms with E-state index in [1.165, 1.54) is 16.1 Å². The number of alkyl halides is 3. The van der Waals surface area contributed by atoms with Gasteiger partial charge < -0.3 is 10.0 Å². The van der Waals surface area contributed by atoms with Crippen molar-refractivity contribution in [1.82, 2.24) is 14.9 Å². The van der Waals surface area contributed by atoms with Crippen LogP contribution in [0.4, 0.5) is 18.9 Å². The predicted molar refractivity (Wildman–Crippen MR) is 99.4 cm³/mol. The normalized spacial score (nSPS) is 21.7. The molecule has 0 unspecified atom stereocenters. The Bertz CT molecular complexity index is 875. The van der Waals surface area contributed by atoms with Crippen molar-refractivity contribution in [3.05, 3.63) is 40.6 Å². The van der Waals surface area contributed by atoms with Gasteiger partial charge in [0.1, 0.15) is 6.33 Å². The molecule has 2 fully saturated rings. The smallest absolute Gasteiger partial charge is 0.475 e. The third kappa shape index (κ3) is 5.10. The highest BCUT2D eigenvalue weighted by molar-refractivity contribution is 7.11. The summed E-state index contributed by atoms with van der Waals surface area (Å²) in [4.78, 5) is 36.6. The number of nitrogens with zero attached hydrogens (tertiary/aromatic N) is 4. The highest BCUT2D eigenvalue weighted by atomic mass is 32.1. The molecule has 156 valence electrons. The van der Waals surface area contributed by atoms with Crippen molar-refractivity contribution >= 4 is 28.9 Å². The van der Waals surface area contributed by atoms with E-state index in [1.807, 2.05) is 16.2 Å². The highest BCUT2D eigenvalue weighted by Crippen LogP contribution is 2.35. The number of thiophene rings is 1. The van der Waals surface area contributed by atoms with Crippen LogP contribution in [0.1, 0.15) is 9.75 Å². The standard InChI is InChI=1S/C16H18N4OS.C2HF3O2/c1-11-2-3-14(22-11)8-19-6-12-7-20(16(21)15(12)9-19)13-4-17-10-18-5-13;3-2(4,5)1(6)7/h2-5,10,12,15H,6-9H2,1H3;(H,6,7)/t12-,15-;/m0./s1. The van der Waals surface area contributed by atoms with E-state index < -0.39 is 12.1 Å². The van der Waals surface area contributed by atoms with Gasteiger partial charge in [-0.3, -0.25) is 9.69 Å². The van der Waals surface area contributed by atoms with Crippen molar-refractivity contribution in [1.29, 1.82) is 0 Å². The van der Waals surface area contributed by atoms with E-state index in [2.05, 4.69) is 33.9 Å². The van der Waals surface area contributed by atoms with Crippen LogP contribution in [0.5, 0.6) is 0 Å². The summed E-state index contributed by atoms with van der Waals surface area (Å²) in [6.45, 7) is 5.75. The summed E-state index contributed by atoms with van der Waals surface area (Å²) in [6.07, 6.45) is -0.147. The molecule has 2 atom stereocenters. The SMILES string of the molecule is Cc1ccc(CN2C[C@H]3CN(c4cncnc4)C(=O)[C@H]3C2)s1.O=C(O)C(F)(F)F. The maximum Gasteiger partial charge on any atom is 0.490 e. The lowest BCUT2D eigenvalue weighted by molar-refractivity contribution is -0.192. The van der Waals surface area contributed by atoms with E-state index in [0.717, 1.165) is 31.9 Å². The summed E-state index contributed by atoms with van der Waals surface area (Å²) in [5.74, 6) is -1.98. The topological polar surface area (TPSA) is 86.6 Å². The summed E-state index contributed by atoms with van der Waals surface area (Å²) < 4.78 is 31.7. The molecule has 29 heavy (non-hydrogen) atoms. The van der Waals surface area contributed by atoms with Crippen LogP contribution in [-0.4, -0.2) is 57.7 Å². The molecule has 4 rings (SSSR count). The first-order chi connectivity index (χ1) is 13.6. The van der Waals surface area contributed by atoms with Gasteiger partial charge >= 0.3 is 12.1 Å². The summed E-state index contributed by atoms with van der Waals surface area (Å²) in [7, 11) is 0. The monoisotopic (exact) mass is 428 g/mol. The lowest BCUT2D eigenvalue weighted by Gasteiger charge is -2.20. The first-order valence-electron chi connectivity index (χ1n) is 8.79. The second kappa shape index (κ2) is 8.46. The number of aliphatic carboxylic acids is 1. The van der Waals surface area contributed by atoms with E-state index in [1.54, 1.807) is 12.4 Å². The van der Waals surface area contributed by atoms with Crippen LogP contribution in [0.25, 0.3) is 0 Å². The maximum atomic E-state index is 12.6. The molecule has 4 heterocycles. The molecule has 0 aromatic carbocycles. The molecule has 0 bridgehead atoms. The third-order valence-electron chi connectivity index (χ3n) is 4.79. The zero-order valence-electron chi connectivity index (χ0n) is 15.5. The zero-order valence-corrected chi connectivity index (χ0v) is 16.3. The molecule has 11 heteroatoms. The predicted octanol–water partition coefficient (Wildman–Crippen LogP) is 2.57. The van der Waals surface area contributed by atoms with Crippen molar-refractivity contribution in [3.8, 4) is 0 Å². The number of aryl methyl sites for hydroxylation is 1. The fraction of sp³-hybridized carbons (Fsp3) is 0.444. The zero-order chi connectivity index (χ0) is 21.2. The van der Waals surface area contributed by atoms with E-state index in [-0.39, 0.29) is 11.8 Å². The quantitative estimate of drug-likeness (QED) is 0.809. The van der Waals surface area contributed by atoms with E-state index in [4.69, 9.17) is 9.90 Å². The van der Waals surface area contributed by atoms with E-state index >= 15 is 0 Å². The molecule has 1 N–H and O–H groups in total. The van der Waals surface area contributed by atoms with Crippen LogP contribution in [0, 0.1) is 18.8 Å². The Hall–Kier alpha value is -2.53. The van der Waals surface area contributed by atoms with E-state index in [9.17, 15) is 18.0 Å². The molecule has 2 aromatic heterocycles. The fourth-order valence-corrected chi connectivity index (χ4v) is 4.47. The molecule has 0 spiro atoms. The number of amides is 1. The number of halogens is 3. The van der Waals surface area contributed by atoms with Crippen molar-refractivity contribution in [2.45, 2.75) is 19.6 Å². The average molecular weight is 428 g/mol. The Balaban J connectivity index is 0.000000298. The number of anilines is 1. The van der Waals surface area contributed by atoms with E-state index in [0.29, 0.717) is 5.92 Å². The van der Waals surface area contributed by atoms with Gasteiger partial charge in [0.05, 0.1) is 24.0 Å². The van der Waals surface area contributed by atoms with Gasteiger partial charge in [0.25, 0.3) is 0 Å². The molecular formula is C18H19F3N4O3S. The molecule has 0 radical (unpaired) electrons. The van der Waals surface area contributed by atoms with Crippen LogP contribution in [-0.2, 0) is 16.1 Å². The number of hydrogen-bond acceptors (Lipinski definition) is 6. The minimum Gasteiger partial charge on any atom is -0.475 e. The molecule has 7 nitrogen and oxygen atoms in total. The second-order valence-electron chi connectivity index (χ2n) is 6.92. The van der Waals surface area contributed by atoms with Gasteiger partial charge in [-0.15, -0.1) is 11.3 Å². The Morgan fingerprint density at radius 1 is 1.24 bits per heavy atom. The number of hydrogen-bond donors (Lipinski definition) is 1. The summed E-state index contributed by atoms with van der Waals surface area (Å²) >= 11 is 1.85. The van der Waals surface area contributed by atoms with Crippen molar-refractivity contribution < 1.29 is 27.9 Å². The van der Waals surface area contributed by atoms with Gasteiger partial charge in [-0.05, 0) is 19.1 Å². The first kappa shape index (κ1) is 21.2. The number of rotatable bonds is 3. The molecule has 2 saturated heterocycles. The molecular weight excluding hydrogens is 409 g/mol. The van der Waals surface area contributed by atoms with Gasteiger partial charge in [0.2, 0.25) is 5.91 Å². The van der Waals surface area contributed by atoms with Gasteiger partial charge in [-0.2, -0.15) is 13.2 Å². The summed E-state index contributed by atoms with van der Waals surface area (Å²) in [5, 5.41) is 7.12. The van der Waals surface area contributed by atoms with Crippen molar-refractivity contribution in [2.75, 3.05) is 24.5 Å². The summed E-state index contributed by atoms with van der Waals surface area (Å²) in [6, 6.07) is 4.36. The molecule has 2 aliphatic heterocycles. The van der Waals surface area contributed by atoms with Gasteiger partial charge in [-0.25, -0.2) is 14.8 Å². The van der Waals surface area contributed by atoms with Crippen LogP contribution >= 0.6 is 11.3 Å². The van der Waals surface area contributed by atoms with Crippen molar-refractivity contribution in [3.63, 3.8) is 0 Å². The highest BCUT2D eigenvalue weighted by Gasteiger charge is 2.46. The molecule has 1 amide bonds. The molecule has 0 aliphatic carbocycles. The minimum absolute atomic E-state index is 0.126. The number of carboxylic acid groups (broad SMARTS) is 1. The number of carboxylic acids is 1. The second-order valence-corrected chi connectivity index (χ2v) is 8.29. The van der Waals surface area contributed by atoms with Crippen molar-refractivity contribution in [2.24, 2.45) is 11.8 Å². The van der Waals surface area contributed by atoms with Crippen LogP contribution in [0.3, 0.4) is 0 Å². The van der Waals surface area contributed by atoms with Crippen LogP contribution < -0.4 is 4.90 Å². The number of fused-ring (bicyclic) bond motifs is 1. The lowest BCUT2D eigenvalue weighted by Crippen LogP contribution is -2.32. The van der Waals surface area contributed by atoms with Gasteiger partial charge in [-0.1, -0.05) is 0 Å². The first-order valence-corrected chi connectivity index (χ1v) is 9.61. The Morgan fingerprint density at radius 3 is 2.41 bits per heavy atom. The third-order valence-corrected chi connectivity index (χ3v) is 5.78. The van der Waals surface area contributed by atoms with Gasteiger partial charge in [0, 0.05) is 41.9 Å². The summed E-state index contributed by atoms with van der Waals surface area (Å²) in [5.41, 5.74) is 0.822. The Kier molecular flexibility index (Phi) is 6.18. The number of likely N-dealkylation sites (tertiary alicyclic amines) is 1.